The van der Waals surface area contributed by atoms with Crippen LogP contribution in [0.1, 0.15) is 28.8 Å². The summed E-state index contributed by atoms with van der Waals surface area (Å²) >= 11 is 3.72. The molecule has 2 heterocycles. The number of rotatable bonds is 3. The Balaban J connectivity index is 1.92. The van der Waals surface area contributed by atoms with Gasteiger partial charge in [0.15, 0.2) is 0 Å². The lowest BCUT2D eigenvalue weighted by molar-refractivity contribution is 0.280. The summed E-state index contributed by atoms with van der Waals surface area (Å²) < 4.78 is 5.85. The lowest BCUT2D eigenvalue weighted by Gasteiger charge is -2.36. The molecule has 5 heteroatoms. The second-order valence-corrected chi connectivity index (χ2v) is 7.90. The molecule has 3 rings (SSSR count). The van der Waals surface area contributed by atoms with Crippen LogP contribution >= 0.6 is 23.5 Å². The Morgan fingerprint density at radius 2 is 2.04 bits per heavy atom. The number of hydrogen-bond acceptors (Lipinski definition) is 5. The van der Waals surface area contributed by atoms with Crippen LogP contribution in [0.2, 0.25) is 0 Å². The van der Waals surface area contributed by atoms with Gasteiger partial charge in [0.25, 0.3) is 0 Å². The van der Waals surface area contributed by atoms with Crippen molar-refractivity contribution in [3.8, 4) is 17.6 Å². The largest absolute Gasteiger partial charge is 0.493 e. The predicted octanol–water partition coefficient (Wildman–Crippen LogP) is 3.64. The third-order valence-corrected chi connectivity index (χ3v) is 7.25. The Hall–Kier alpha value is -1.61. The summed E-state index contributed by atoms with van der Waals surface area (Å²) in [5.41, 5.74) is 3.65. The number of benzene rings is 1. The lowest BCUT2D eigenvalue weighted by Crippen LogP contribution is -2.26. The van der Waals surface area contributed by atoms with E-state index < -0.39 is 0 Å². The van der Waals surface area contributed by atoms with Gasteiger partial charge in [-0.2, -0.15) is 0 Å². The summed E-state index contributed by atoms with van der Waals surface area (Å²) in [4.78, 5) is 4.25. The number of pyridine rings is 1. The zero-order valence-corrected chi connectivity index (χ0v) is 15.3. The molecule has 1 aliphatic heterocycles. The maximum absolute atomic E-state index is 9.05. The number of aromatic nitrogens is 1. The minimum absolute atomic E-state index is 0.00299. The molecule has 0 amide bonds. The highest BCUT2D eigenvalue weighted by Gasteiger charge is 2.36. The Morgan fingerprint density at radius 3 is 2.71 bits per heavy atom. The lowest BCUT2D eigenvalue weighted by atomic mass is 10.0. The van der Waals surface area contributed by atoms with E-state index >= 15 is 0 Å². The van der Waals surface area contributed by atoms with Crippen LogP contribution in [-0.2, 0) is 10.7 Å². The summed E-state index contributed by atoms with van der Waals surface area (Å²) in [5.74, 6) is 7.23. The second kappa shape index (κ2) is 7.52. The fourth-order valence-corrected chi connectivity index (χ4v) is 4.70. The van der Waals surface area contributed by atoms with Gasteiger partial charge in [-0.1, -0.05) is 12.0 Å². The van der Waals surface area contributed by atoms with Gasteiger partial charge in [0.1, 0.15) is 11.4 Å². The number of aliphatic hydroxyl groups is 1. The van der Waals surface area contributed by atoms with E-state index in [2.05, 4.69) is 35.4 Å². The molecule has 0 bridgehead atoms. The van der Waals surface area contributed by atoms with Gasteiger partial charge in [0, 0.05) is 23.7 Å². The van der Waals surface area contributed by atoms with Crippen LogP contribution in [0.4, 0.5) is 0 Å². The second-order valence-electron chi connectivity index (χ2n) is 5.43. The number of nitrogens with zero attached hydrogens (tertiary/aromatic N) is 1. The van der Waals surface area contributed by atoms with Crippen LogP contribution in [-0.4, -0.2) is 29.2 Å². The van der Waals surface area contributed by atoms with Crippen molar-refractivity contribution in [1.29, 1.82) is 0 Å². The topological polar surface area (TPSA) is 42.4 Å². The molecule has 3 nitrogen and oxygen atoms in total. The van der Waals surface area contributed by atoms with Gasteiger partial charge in [-0.3, -0.25) is 0 Å². The Labute approximate surface area is 151 Å². The van der Waals surface area contributed by atoms with E-state index in [0.717, 1.165) is 29.9 Å². The van der Waals surface area contributed by atoms with Gasteiger partial charge in [-0.25, -0.2) is 4.98 Å². The Kier molecular flexibility index (Phi) is 5.40. The summed E-state index contributed by atoms with van der Waals surface area (Å²) in [6.45, 7) is 0.748. The van der Waals surface area contributed by atoms with Gasteiger partial charge in [0.2, 0.25) is 0 Å². The Bertz CT molecular complexity index is 774. The van der Waals surface area contributed by atoms with Gasteiger partial charge in [-0.15, -0.1) is 23.5 Å². The first-order valence-electron chi connectivity index (χ1n) is 7.66. The molecule has 1 N–H and O–H groups in total. The van der Waals surface area contributed by atoms with Crippen LogP contribution in [0.3, 0.4) is 0 Å². The minimum atomic E-state index is -0.00299. The first-order chi connectivity index (χ1) is 11.7. The molecular formula is C19H19NO2S2. The maximum Gasteiger partial charge on any atom is 0.124 e. The molecule has 0 saturated carbocycles. The van der Waals surface area contributed by atoms with Crippen LogP contribution in [0.5, 0.6) is 5.75 Å². The molecule has 0 atom stereocenters. The van der Waals surface area contributed by atoms with Crippen molar-refractivity contribution in [1.82, 2.24) is 4.98 Å². The maximum atomic E-state index is 9.05. The number of hydrogen-bond donors (Lipinski definition) is 1. The zero-order chi connectivity index (χ0) is 17.0. The van der Waals surface area contributed by atoms with Crippen LogP contribution < -0.4 is 4.74 Å². The van der Waals surface area contributed by atoms with E-state index in [-0.39, 0.29) is 10.7 Å². The highest BCUT2D eigenvalue weighted by Crippen LogP contribution is 2.52. The SMILES string of the molecule is CSC1(SC)CCOc2ccc(C#Cc3ccc(CO)cn3)cc21. The van der Waals surface area contributed by atoms with Crippen LogP contribution in [0.25, 0.3) is 0 Å². The summed E-state index contributed by atoms with van der Waals surface area (Å²) in [6.07, 6.45) is 6.94. The van der Waals surface area contributed by atoms with Gasteiger partial charge < -0.3 is 9.84 Å². The molecule has 24 heavy (non-hydrogen) atoms. The van der Waals surface area contributed by atoms with Crippen molar-refractivity contribution in [3.05, 3.63) is 58.9 Å². The first-order valence-corrected chi connectivity index (χ1v) is 10.1. The molecule has 0 fully saturated rings. The minimum Gasteiger partial charge on any atom is -0.493 e. The van der Waals surface area contributed by atoms with E-state index in [0.29, 0.717) is 5.69 Å². The zero-order valence-electron chi connectivity index (χ0n) is 13.7. The smallest absolute Gasteiger partial charge is 0.124 e. The molecule has 124 valence electrons. The van der Waals surface area contributed by atoms with E-state index in [1.165, 1.54) is 5.56 Å². The van der Waals surface area contributed by atoms with Crippen molar-refractivity contribution in [2.45, 2.75) is 17.1 Å². The molecule has 2 aromatic rings. The summed E-state index contributed by atoms with van der Waals surface area (Å²) in [7, 11) is 0. The highest BCUT2D eigenvalue weighted by molar-refractivity contribution is 8.16. The quantitative estimate of drug-likeness (QED) is 0.671. The number of ether oxygens (including phenoxy) is 1. The van der Waals surface area contributed by atoms with Crippen molar-refractivity contribution in [3.63, 3.8) is 0 Å². The predicted molar refractivity (Wildman–Crippen MR) is 101 cm³/mol. The summed E-state index contributed by atoms with van der Waals surface area (Å²) in [6, 6.07) is 9.81. The van der Waals surface area contributed by atoms with E-state index in [1.807, 2.05) is 47.8 Å². The third-order valence-electron chi connectivity index (χ3n) is 4.08. The first kappa shape index (κ1) is 17.2. The molecule has 0 aliphatic carbocycles. The molecule has 0 unspecified atom stereocenters. The van der Waals surface area contributed by atoms with Gasteiger partial charge in [-0.05, 0) is 48.3 Å². The van der Waals surface area contributed by atoms with Crippen molar-refractivity contribution < 1.29 is 9.84 Å². The average molecular weight is 358 g/mol. The molecular weight excluding hydrogens is 338 g/mol. The van der Waals surface area contributed by atoms with E-state index in [4.69, 9.17) is 9.84 Å². The fourth-order valence-electron chi connectivity index (χ4n) is 2.70. The normalized spacial score (nSPS) is 15.0. The molecule has 1 aromatic heterocycles. The van der Waals surface area contributed by atoms with Crippen LogP contribution in [0.15, 0.2) is 36.5 Å². The highest BCUT2D eigenvalue weighted by atomic mass is 32.2. The van der Waals surface area contributed by atoms with E-state index in [9.17, 15) is 0 Å². The Morgan fingerprint density at radius 1 is 1.21 bits per heavy atom. The van der Waals surface area contributed by atoms with Gasteiger partial charge in [0.05, 0.1) is 17.3 Å². The van der Waals surface area contributed by atoms with E-state index in [1.54, 1.807) is 6.20 Å². The molecule has 1 aliphatic rings. The van der Waals surface area contributed by atoms with Crippen LogP contribution in [0, 0.1) is 11.8 Å². The van der Waals surface area contributed by atoms with Gasteiger partial charge >= 0.3 is 0 Å². The standard InChI is InChI=1S/C19H19NO2S2/c1-23-19(24-2)9-10-22-18-8-5-14(11-17(18)19)3-6-16-7-4-15(13-21)12-20-16/h4-5,7-8,11-12,21H,9-10,13H2,1-2H3. The average Bonchev–Trinajstić information content (AvgIpc) is 2.66. The van der Waals surface area contributed by atoms with Crippen molar-refractivity contribution >= 4 is 23.5 Å². The number of aliphatic hydroxyl groups excluding tert-OH is 1. The molecule has 0 radical (unpaired) electrons. The van der Waals surface area contributed by atoms with Crippen molar-refractivity contribution in [2.24, 2.45) is 0 Å². The fraction of sp³-hybridized carbons (Fsp3) is 0.316. The monoisotopic (exact) mass is 357 g/mol. The number of thioether (sulfide) groups is 2. The molecule has 0 spiro atoms. The van der Waals surface area contributed by atoms with Crippen molar-refractivity contribution in [2.75, 3.05) is 19.1 Å². The summed E-state index contributed by atoms with van der Waals surface area (Å²) in [5, 5.41) is 9.05. The molecule has 0 saturated heterocycles. The third kappa shape index (κ3) is 3.41. The number of fused-ring (bicyclic) bond motifs is 1. The molecule has 1 aromatic carbocycles.